The fourth-order valence-corrected chi connectivity index (χ4v) is 2.15. The Kier molecular flexibility index (Phi) is 4.37. The first-order valence-corrected chi connectivity index (χ1v) is 6.69. The molecule has 1 saturated carbocycles. The van der Waals surface area contributed by atoms with E-state index in [2.05, 4.69) is 4.90 Å². The van der Waals surface area contributed by atoms with E-state index in [1.54, 1.807) is 0 Å². The zero-order valence-corrected chi connectivity index (χ0v) is 11.3. The maximum absolute atomic E-state index is 12.4. The second kappa shape index (κ2) is 6.01. The van der Waals surface area contributed by atoms with Gasteiger partial charge in [-0.3, -0.25) is 4.79 Å². The number of hydrogen-bond donors (Lipinski definition) is 0. The summed E-state index contributed by atoms with van der Waals surface area (Å²) in [5.41, 5.74) is 1.02. The molecule has 2 rings (SSSR count). The summed E-state index contributed by atoms with van der Waals surface area (Å²) in [6, 6.07) is 10.0. The van der Waals surface area contributed by atoms with Crippen molar-refractivity contribution in [2.45, 2.75) is 19.3 Å². The molecule has 0 aliphatic heterocycles. The number of anilines is 1. The highest BCUT2D eigenvalue weighted by molar-refractivity contribution is 5.95. The van der Waals surface area contributed by atoms with Gasteiger partial charge in [0.15, 0.2) is 0 Å². The van der Waals surface area contributed by atoms with Crippen LogP contribution in [0.2, 0.25) is 0 Å². The normalized spacial score (nSPS) is 15.5. The van der Waals surface area contributed by atoms with Crippen molar-refractivity contribution in [3.05, 3.63) is 30.3 Å². The van der Waals surface area contributed by atoms with E-state index in [1.807, 2.05) is 49.3 Å². The predicted molar refractivity (Wildman–Crippen MR) is 74.7 cm³/mol. The molecule has 1 aromatic carbocycles. The SMILES string of the molecule is CN(C)CCN(C(=O)C1CCC1)c1ccccc1. The topological polar surface area (TPSA) is 23.6 Å². The Morgan fingerprint density at radius 1 is 1.17 bits per heavy atom. The molecule has 3 heteroatoms. The molecule has 0 aromatic heterocycles. The largest absolute Gasteiger partial charge is 0.311 e. The highest BCUT2D eigenvalue weighted by Gasteiger charge is 2.29. The van der Waals surface area contributed by atoms with Crippen LogP contribution in [0, 0.1) is 5.92 Å². The van der Waals surface area contributed by atoms with Gasteiger partial charge < -0.3 is 9.80 Å². The average Bonchev–Trinajstić information content (AvgIpc) is 2.28. The molecular formula is C15H22N2O. The third-order valence-electron chi connectivity index (χ3n) is 3.56. The van der Waals surface area contributed by atoms with Gasteiger partial charge in [-0.15, -0.1) is 0 Å². The van der Waals surface area contributed by atoms with E-state index in [-0.39, 0.29) is 5.92 Å². The van der Waals surface area contributed by atoms with Gasteiger partial charge in [0.1, 0.15) is 0 Å². The van der Waals surface area contributed by atoms with Crippen molar-refractivity contribution >= 4 is 11.6 Å². The number of amides is 1. The third-order valence-corrected chi connectivity index (χ3v) is 3.56. The second-order valence-corrected chi connectivity index (χ2v) is 5.26. The molecule has 0 unspecified atom stereocenters. The molecule has 0 N–H and O–H groups in total. The minimum atomic E-state index is 0.257. The number of benzene rings is 1. The summed E-state index contributed by atoms with van der Waals surface area (Å²) in [4.78, 5) is 16.5. The summed E-state index contributed by atoms with van der Waals surface area (Å²) in [6.07, 6.45) is 3.32. The van der Waals surface area contributed by atoms with Gasteiger partial charge in [-0.2, -0.15) is 0 Å². The first-order chi connectivity index (χ1) is 8.68. The summed E-state index contributed by atoms with van der Waals surface area (Å²) in [5.74, 6) is 0.557. The van der Waals surface area contributed by atoms with E-state index >= 15 is 0 Å². The quantitative estimate of drug-likeness (QED) is 0.796. The number of hydrogen-bond acceptors (Lipinski definition) is 2. The summed E-state index contributed by atoms with van der Waals surface area (Å²) < 4.78 is 0. The Morgan fingerprint density at radius 3 is 2.33 bits per heavy atom. The molecule has 0 radical (unpaired) electrons. The van der Waals surface area contributed by atoms with Gasteiger partial charge in [-0.05, 0) is 39.1 Å². The molecule has 0 atom stereocenters. The van der Waals surface area contributed by atoms with Crippen LogP contribution in [0.1, 0.15) is 19.3 Å². The summed E-state index contributed by atoms with van der Waals surface area (Å²) in [6.45, 7) is 1.67. The van der Waals surface area contributed by atoms with Crippen LogP contribution in [0.5, 0.6) is 0 Å². The molecule has 0 bridgehead atoms. The van der Waals surface area contributed by atoms with Gasteiger partial charge in [0.25, 0.3) is 0 Å². The van der Waals surface area contributed by atoms with Crippen LogP contribution in [0.4, 0.5) is 5.69 Å². The summed E-state index contributed by atoms with van der Waals surface area (Å²) >= 11 is 0. The Balaban J connectivity index is 2.09. The smallest absolute Gasteiger partial charge is 0.230 e. The standard InChI is InChI=1S/C15H22N2O/c1-16(2)11-12-17(14-9-4-3-5-10-14)15(18)13-7-6-8-13/h3-5,9-10,13H,6-8,11-12H2,1-2H3. The average molecular weight is 246 g/mol. The number of rotatable bonds is 5. The van der Waals surface area contributed by atoms with E-state index in [4.69, 9.17) is 0 Å². The van der Waals surface area contributed by atoms with Crippen LogP contribution in [-0.4, -0.2) is 38.0 Å². The number of nitrogens with zero attached hydrogens (tertiary/aromatic N) is 2. The molecule has 0 saturated heterocycles. The predicted octanol–water partition coefficient (Wildman–Crippen LogP) is 2.38. The molecule has 18 heavy (non-hydrogen) atoms. The van der Waals surface area contributed by atoms with E-state index < -0.39 is 0 Å². The third kappa shape index (κ3) is 3.10. The molecule has 3 nitrogen and oxygen atoms in total. The maximum Gasteiger partial charge on any atom is 0.230 e. The monoisotopic (exact) mass is 246 g/mol. The lowest BCUT2D eigenvalue weighted by Crippen LogP contribution is -2.42. The van der Waals surface area contributed by atoms with E-state index in [1.165, 1.54) is 6.42 Å². The van der Waals surface area contributed by atoms with Gasteiger partial charge in [0, 0.05) is 24.7 Å². The van der Waals surface area contributed by atoms with Gasteiger partial charge in [-0.1, -0.05) is 24.6 Å². The zero-order valence-electron chi connectivity index (χ0n) is 11.3. The van der Waals surface area contributed by atoms with Crippen LogP contribution < -0.4 is 4.90 Å². The van der Waals surface area contributed by atoms with Crippen molar-refractivity contribution in [1.29, 1.82) is 0 Å². The lowest BCUT2D eigenvalue weighted by molar-refractivity contribution is -0.124. The van der Waals surface area contributed by atoms with Crippen molar-refractivity contribution < 1.29 is 4.79 Å². The minimum absolute atomic E-state index is 0.257. The van der Waals surface area contributed by atoms with Crippen LogP contribution >= 0.6 is 0 Å². The second-order valence-electron chi connectivity index (χ2n) is 5.26. The summed E-state index contributed by atoms with van der Waals surface area (Å²) in [5, 5.41) is 0. The van der Waals surface area contributed by atoms with Gasteiger partial charge in [0.2, 0.25) is 5.91 Å². The van der Waals surface area contributed by atoms with Gasteiger partial charge >= 0.3 is 0 Å². The zero-order chi connectivity index (χ0) is 13.0. The number of likely N-dealkylation sites (N-methyl/N-ethyl adjacent to an activating group) is 1. The Labute approximate surface area is 109 Å². The molecule has 1 fully saturated rings. The van der Waals surface area contributed by atoms with Gasteiger partial charge in [0.05, 0.1) is 0 Å². The van der Waals surface area contributed by atoms with Crippen LogP contribution in [0.25, 0.3) is 0 Å². The minimum Gasteiger partial charge on any atom is -0.311 e. The fourth-order valence-electron chi connectivity index (χ4n) is 2.15. The van der Waals surface area contributed by atoms with Crippen molar-refractivity contribution in [1.82, 2.24) is 4.90 Å². The molecule has 98 valence electrons. The Morgan fingerprint density at radius 2 is 1.83 bits per heavy atom. The lowest BCUT2D eigenvalue weighted by atomic mass is 9.84. The van der Waals surface area contributed by atoms with Crippen LogP contribution in [-0.2, 0) is 4.79 Å². The maximum atomic E-state index is 12.4. The number of carbonyl (C=O) groups excluding carboxylic acids is 1. The Bertz CT molecular complexity index is 385. The first kappa shape index (κ1) is 13.1. The van der Waals surface area contributed by atoms with Gasteiger partial charge in [-0.25, -0.2) is 0 Å². The molecule has 0 spiro atoms. The van der Waals surface area contributed by atoms with Crippen LogP contribution in [0.3, 0.4) is 0 Å². The number of para-hydroxylation sites is 1. The molecule has 1 aromatic rings. The van der Waals surface area contributed by atoms with E-state index in [0.717, 1.165) is 31.6 Å². The Hall–Kier alpha value is -1.35. The highest BCUT2D eigenvalue weighted by Crippen LogP contribution is 2.30. The van der Waals surface area contributed by atoms with Crippen LogP contribution in [0.15, 0.2) is 30.3 Å². The molecule has 0 heterocycles. The molecular weight excluding hydrogens is 224 g/mol. The lowest BCUT2D eigenvalue weighted by Gasteiger charge is -2.32. The molecule has 1 amide bonds. The van der Waals surface area contributed by atoms with Crippen molar-refractivity contribution in [2.24, 2.45) is 5.92 Å². The van der Waals surface area contributed by atoms with E-state index in [0.29, 0.717) is 5.91 Å². The first-order valence-electron chi connectivity index (χ1n) is 6.69. The van der Waals surface area contributed by atoms with Crippen molar-refractivity contribution in [3.63, 3.8) is 0 Å². The summed E-state index contributed by atoms with van der Waals surface area (Å²) in [7, 11) is 4.08. The fraction of sp³-hybridized carbons (Fsp3) is 0.533. The molecule has 1 aliphatic rings. The molecule has 1 aliphatic carbocycles. The highest BCUT2D eigenvalue weighted by atomic mass is 16.2. The van der Waals surface area contributed by atoms with Crippen molar-refractivity contribution in [2.75, 3.05) is 32.1 Å². The number of carbonyl (C=O) groups is 1. The van der Waals surface area contributed by atoms with Crippen molar-refractivity contribution in [3.8, 4) is 0 Å². The van der Waals surface area contributed by atoms with E-state index in [9.17, 15) is 4.79 Å².